The summed E-state index contributed by atoms with van der Waals surface area (Å²) in [5.74, 6) is 0.775. The van der Waals surface area contributed by atoms with Crippen LogP contribution in [0, 0.1) is 6.92 Å². The summed E-state index contributed by atoms with van der Waals surface area (Å²) < 4.78 is 5.10. The second-order valence-electron chi connectivity index (χ2n) is 5.43. The number of aryl methyl sites for hydroxylation is 1. The first-order chi connectivity index (χ1) is 11.2. The Balaban J connectivity index is 1.50. The predicted octanol–water partition coefficient (Wildman–Crippen LogP) is 3.18. The van der Waals surface area contributed by atoms with Crippen molar-refractivity contribution in [2.24, 2.45) is 0 Å². The van der Waals surface area contributed by atoms with Gasteiger partial charge in [0.05, 0.1) is 5.69 Å². The number of nitrogens with zero attached hydrogens (tertiary/aromatic N) is 1. The number of rotatable bonds is 5. The Morgan fingerprint density at radius 3 is 2.78 bits per heavy atom. The highest BCUT2D eigenvalue weighted by Gasteiger charge is 2.05. The standard InChI is InChI=1S/C18H19N3O2/c1-13-11-16(23-21-13)9-10-19-18(22)20-12-15-7-4-6-14-5-2-3-8-17(14)15/h2-8,11H,9-10,12H2,1H3,(H2,19,20,22). The van der Waals surface area contributed by atoms with Gasteiger partial charge in [-0.25, -0.2) is 4.79 Å². The van der Waals surface area contributed by atoms with E-state index in [1.165, 1.54) is 5.39 Å². The van der Waals surface area contributed by atoms with Crippen LogP contribution in [0.15, 0.2) is 53.1 Å². The van der Waals surface area contributed by atoms with E-state index in [-0.39, 0.29) is 6.03 Å². The molecule has 0 spiro atoms. The highest BCUT2D eigenvalue weighted by atomic mass is 16.5. The average molecular weight is 309 g/mol. The van der Waals surface area contributed by atoms with Gasteiger partial charge < -0.3 is 15.2 Å². The summed E-state index contributed by atoms with van der Waals surface area (Å²) in [4.78, 5) is 11.9. The van der Waals surface area contributed by atoms with Gasteiger partial charge in [-0.2, -0.15) is 0 Å². The van der Waals surface area contributed by atoms with Crippen molar-refractivity contribution in [1.29, 1.82) is 0 Å². The number of carbonyl (C=O) groups excluding carboxylic acids is 1. The van der Waals surface area contributed by atoms with Gasteiger partial charge in [-0.3, -0.25) is 0 Å². The van der Waals surface area contributed by atoms with Gasteiger partial charge in [-0.1, -0.05) is 47.6 Å². The fourth-order valence-electron chi connectivity index (χ4n) is 2.52. The Labute approximate surface area is 134 Å². The SMILES string of the molecule is Cc1cc(CCNC(=O)NCc2cccc3ccccc23)on1. The first-order valence-electron chi connectivity index (χ1n) is 7.63. The molecule has 0 aliphatic heterocycles. The summed E-state index contributed by atoms with van der Waals surface area (Å²) in [6, 6.07) is 15.9. The van der Waals surface area contributed by atoms with E-state index in [2.05, 4.69) is 34.0 Å². The first kappa shape index (κ1) is 15.1. The van der Waals surface area contributed by atoms with E-state index in [0.29, 0.717) is 19.5 Å². The summed E-state index contributed by atoms with van der Waals surface area (Å²) in [6.45, 7) is 2.88. The summed E-state index contributed by atoms with van der Waals surface area (Å²) in [6.07, 6.45) is 0.628. The van der Waals surface area contributed by atoms with Crippen LogP contribution in [-0.2, 0) is 13.0 Å². The average Bonchev–Trinajstić information content (AvgIpc) is 2.98. The lowest BCUT2D eigenvalue weighted by molar-refractivity contribution is 0.240. The molecule has 5 nitrogen and oxygen atoms in total. The Kier molecular flexibility index (Phi) is 4.57. The van der Waals surface area contributed by atoms with E-state index in [9.17, 15) is 4.79 Å². The third kappa shape index (κ3) is 3.88. The van der Waals surface area contributed by atoms with Crippen molar-refractivity contribution < 1.29 is 9.32 Å². The van der Waals surface area contributed by atoms with Gasteiger partial charge in [0, 0.05) is 25.6 Å². The fourth-order valence-corrected chi connectivity index (χ4v) is 2.52. The van der Waals surface area contributed by atoms with Gasteiger partial charge in [0.25, 0.3) is 0 Å². The zero-order valence-electron chi connectivity index (χ0n) is 13.0. The van der Waals surface area contributed by atoms with Crippen molar-refractivity contribution in [3.8, 4) is 0 Å². The summed E-state index contributed by atoms with van der Waals surface area (Å²) in [5.41, 5.74) is 1.95. The quantitative estimate of drug-likeness (QED) is 0.760. The highest BCUT2D eigenvalue weighted by Crippen LogP contribution is 2.18. The number of carbonyl (C=O) groups is 1. The van der Waals surface area contributed by atoms with E-state index < -0.39 is 0 Å². The monoisotopic (exact) mass is 309 g/mol. The highest BCUT2D eigenvalue weighted by molar-refractivity contribution is 5.86. The first-order valence-corrected chi connectivity index (χ1v) is 7.63. The molecule has 0 saturated heterocycles. The minimum atomic E-state index is -0.186. The summed E-state index contributed by atoms with van der Waals surface area (Å²) in [7, 11) is 0. The lowest BCUT2D eigenvalue weighted by Gasteiger charge is -2.09. The second-order valence-corrected chi connectivity index (χ2v) is 5.43. The van der Waals surface area contributed by atoms with Gasteiger partial charge in [0.15, 0.2) is 0 Å². The van der Waals surface area contributed by atoms with Crippen LogP contribution >= 0.6 is 0 Å². The third-order valence-corrected chi connectivity index (χ3v) is 3.65. The van der Waals surface area contributed by atoms with Crippen LogP contribution in [0.2, 0.25) is 0 Å². The smallest absolute Gasteiger partial charge is 0.315 e. The number of amides is 2. The molecule has 1 aromatic heterocycles. The van der Waals surface area contributed by atoms with Crippen molar-refractivity contribution in [2.45, 2.75) is 19.9 Å². The molecule has 2 N–H and O–H groups in total. The maximum absolute atomic E-state index is 11.9. The number of fused-ring (bicyclic) bond motifs is 1. The van der Waals surface area contributed by atoms with E-state index in [1.54, 1.807) is 0 Å². The summed E-state index contributed by atoms with van der Waals surface area (Å²) >= 11 is 0. The number of urea groups is 1. The van der Waals surface area contributed by atoms with Crippen molar-refractivity contribution >= 4 is 16.8 Å². The molecule has 2 aromatic carbocycles. The van der Waals surface area contributed by atoms with Gasteiger partial charge in [0.1, 0.15) is 5.76 Å². The summed E-state index contributed by atoms with van der Waals surface area (Å²) in [5, 5.41) is 11.9. The van der Waals surface area contributed by atoms with Crippen LogP contribution in [0.4, 0.5) is 4.79 Å². The van der Waals surface area contributed by atoms with E-state index in [1.807, 2.05) is 37.3 Å². The molecule has 0 aliphatic carbocycles. The Bertz CT molecular complexity index is 805. The molecule has 0 unspecified atom stereocenters. The number of benzene rings is 2. The Hall–Kier alpha value is -2.82. The number of hydrogen-bond acceptors (Lipinski definition) is 3. The lowest BCUT2D eigenvalue weighted by Crippen LogP contribution is -2.36. The molecule has 3 aromatic rings. The second kappa shape index (κ2) is 6.96. The Morgan fingerprint density at radius 2 is 1.96 bits per heavy atom. The molecule has 5 heteroatoms. The molecular formula is C18H19N3O2. The normalized spacial score (nSPS) is 10.7. The van der Waals surface area contributed by atoms with Crippen LogP contribution in [0.1, 0.15) is 17.0 Å². The molecule has 118 valence electrons. The maximum atomic E-state index is 11.9. The van der Waals surface area contributed by atoms with Gasteiger partial charge in [-0.05, 0) is 23.3 Å². The molecule has 0 fully saturated rings. The zero-order chi connectivity index (χ0) is 16.1. The molecule has 3 rings (SSSR count). The van der Waals surface area contributed by atoms with Crippen LogP contribution in [0.3, 0.4) is 0 Å². The molecule has 1 heterocycles. The number of aromatic nitrogens is 1. The fraction of sp³-hybridized carbons (Fsp3) is 0.222. The molecule has 0 aliphatic rings. The predicted molar refractivity (Wildman–Crippen MR) is 89.1 cm³/mol. The lowest BCUT2D eigenvalue weighted by atomic mass is 10.0. The van der Waals surface area contributed by atoms with Crippen LogP contribution < -0.4 is 10.6 Å². The topological polar surface area (TPSA) is 67.2 Å². The largest absolute Gasteiger partial charge is 0.361 e. The molecule has 23 heavy (non-hydrogen) atoms. The van der Waals surface area contributed by atoms with E-state index in [0.717, 1.165) is 22.4 Å². The Morgan fingerprint density at radius 1 is 1.13 bits per heavy atom. The van der Waals surface area contributed by atoms with E-state index in [4.69, 9.17) is 4.52 Å². The van der Waals surface area contributed by atoms with Crippen LogP contribution in [0.5, 0.6) is 0 Å². The van der Waals surface area contributed by atoms with Crippen molar-refractivity contribution in [2.75, 3.05) is 6.54 Å². The molecule has 0 radical (unpaired) electrons. The molecule has 2 amide bonds. The van der Waals surface area contributed by atoms with Crippen LogP contribution in [-0.4, -0.2) is 17.7 Å². The van der Waals surface area contributed by atoms with Crippen molar-refractivity contribution in [1.82, 2.24) is 15.8 Å². The molecular weight excluding hydrogens is 290 g/mol. The number of hydrogen-bond donors (Lipinski definition) is 2. The third-order valence-electron chi connectivity index (χ3n) is 3.65. The molecule has 0 saturated carbocycles. The van der Waals surface area contributed by atoms with Crippen molar-refractivity contribution in [3.63, 3.8) is 0 Å². The molecule has 0 atom stereocenters. The zero-order valence-corrected chi connectivity index (χ0v) is 13.0. The van der Waals surface area contributed by atoms with Crippen LogP contribution in [0.25, 0.3) is 10.8 Å². The number of nitrogens with one attached hydrogen (secondary N) is 2. The van der Waals surface area contributed by atoms with Gasteiger partial charge in [-0.15, -0.1) is 0 Å². The minimum absolute atomic E-state index is 0.186. The maximum Gasteiger partial charge on any atom is 0.315 e. The van der Waals surface area contributed by atoms with Gasteiger partial charge in [0.2, 0.25) is 0 Å². The minimum Gasteiger partial charge on any atom is -0.361 e. The van der Waals surface area contributed by atoms with Crippen molar-refractivity contribution in [3.05, 3.63) is 65.5 Å². The van der Waals surface area contributed by atoms with Gasteiger partial charge >= 0.3 is 6.03 Å². The van der Waals surface area contributed by atoms with E-state index >= 15 is 0 Å². The molecule has 0 bridgehead atoms.